The predicted octanol–water partition coefficient (Wildman–Crippen LogP) is 3.67. The summed E-state index contributed by atoms with van der Waals surface area (Å²) in [5.41, 5.74) is 1.91. The topological polar surface area (TPSA) is 47.6 Å². The van der Waals surface area contributed by atoms with Crippen molar-refractivity contribution < 1.29 is 14.3 Å². The summed E-state index contributed by atoms with van der Waals surface area (Å²) in [4.78, 5) is 11.9. The number of amides is 1. The molecule has 2 rings (SSSR count). The fraction of sp³-hybridized carbons (Fsp3) is 0.278. The Morgan fingerprint density at radius 2 is 1.77 bits per heavy atom. The van der Waals surface area contributed by atoms with Gasteiger partial charge in [0, 0.05) is 5.69 Å². The molecule has 0 aliphatic heterocycles. The molecule has 0 aliphatic rings. The van der Waals surface area contributed by atoms with Gasteiger partial charge in [0.1, 0.15) is 11.5 Å². The Morgan fingerprint density at radius 1 is 1.00 bits per heavy atom. The second kappa shape index (κ2) is 8.08. The quantitative estimate of drug-likeness (QED) is 0.848. The van der Waals surface area contributed by atoms with Crippen molar-refractivity contribution in [2.24, 2.45) is 0 Å². The first kappa shape index (κ1) is 15.9. The van der Waals surface area contributed by atoms with Crippen LogP contribution in [-0.4, -0.2) is 19.1 Å². The highest BCUT2D eigenvalue weighted by molar-refractivity contribution is 5.91. The van der Waals surface area contributed by atoms with Crippen LogP contribution in [0.4, 0.5) is 5.69 Å². The summed E-state index contributed by atoms with van der Waals surface area (Å²) in [5.74, 6) is 1.31. The van der Waals surface area contributed by atoms with Gasteiger partial charge in [0.25, 0.3) is 5.91 Å². The van der Waals surface area contributed by atoms with Gasteiger partial charge in [-0.3, -0.25) is 4.79 Å². The summed E-state index contributed by atoms with van der Waals surface area (Å²) in [6.45, 7) is 4.62. The number of anilines is 1. The molecule has 2 aromatic carbocycles. The lowest BCUT2D eigenvalue weighted by Crippen LogP contribution is -2.20. The van der Waals surface area contributed by atoms with Gasteiger partial charge in [-0.05, 0) is 55.3 Å². The minimum absolute atomic E-state index is 0.0135. The van der Waals surface area contributed by atoms with Gasteiger partial charge in [-0.2, -0.15) is 0 Å². The van der Waals surface area contributed by atoms with E-state index in [2.05, 4.69) is 12.2 Å². The maximum Gasteiger partial charge on any atom is 0.262 e. The van der Waals surface area contributed by atoms with Crippen molar-refractivity contribution >= 4 is 11.6 Å². The Morgan fingerprint density at radius 3 is 2.45 bits per heavy atom. The number of rotatable bonds is 7. The van der Waals surface area contributed by atoms with E-state index in [1.807, 2.05) is 43.3 Å². The molecule has 4 heteroatoms. The molecule has 0 saturated heterocycles. The van der Waals surface area contributed by atoms with Gasteiger partial charge in [-0.15, -0.1) is 0 Å². The van der Waals surface area contributed by atoms with Crippen molar-refractivity contribution in [3.05, 3.63) is 54.1 Å². The summed E-state index contributed by atoms with van der Waals surface area (Å²) in [6.07, 6.45) is 0.940. The Bertz CT molecular complexity index is 608. The lowest BCUT2D eigenvalue weighted by atomic mass is 10.2. The van der Waals surface area contributed by atoms with Gasteiger partial charge in [0.15, 0.2) is 6.61 Å². The van der Waals surface area contributed by atoms with Crippen LogP contribution in [-0.2, 0) is 11.2 Å². The summed E-state index contributed by atoms with van der Waals surface area (Å²) in [6, 6.07) is 15.0. The van der Waals surface area contributed by atoms with Crippen molar-refractivity contribution in [2.75, 3.05) is 18.5 Å². The van der Waals surface area contributed by atoms with Crippen LogP contribution >= 0.6 is 0 Å². The first-order valence-electron chi connectivity index (χ1n) is 7.45. The summed E-state index contributed by atoms with van der Waals surface area (Å²) < 4.78 is 10.9. The summed E-state index contributed by atoms with van der Waals surface area (Å²) in [7, 11) is 0. The molecule has 22 heavy (non-hydrogen) atoms. The molecular formula is C18H21NO3. The van der Waals surface area contributed by atoms with Gasteiger partial charge in [-0.25, -0.2) is 0 Å². The third-order valence-corrected chi connectivity index (χ3v) is 3.13. The first-order chi connectivity index (χ1) is 10.7. The van der Waals surface area contributed by atoms with E-state index in [0.717, 1.165) is 17.9 Å². The minimum Gasteiger partial charge on any atom is -0.494 e. The lowest BCUT2D eigenvalue weighted by molar-refractivity contribution is -0.118. The van der Waals surface area contributed by atoms with E-state index in [-0.39, 0.29) is 12.5 Å². The summed E-state index contributed by atoms with van der Waals surface area (Å²) >= 11 is 0. The standard InChI is InChI=1S/C18H21NO3/c1-3-14-6-5-7-17(12-14)22-13-18(20)19-15-8-10-16(11-9-15)21-4-2/h5-12H,3-4,13H2,1-2H3,(H,19,20). The maximum absolute atomic E-state index is 11.9. The molecule has 0 saturated carbocycles. The zero-order valence-corrected chi connectivity index (χ0v) is 13.0. The van der Waals surface area contributed by atoms with Crippen LogP contribution in [0.15, 0.2) is 48.5 Å². The molecule has 0 unspecified atom stereocenters. The smallest absolute Gasteiger partial charge is 0.262 e. The van der Waals surface area contributed by atoms with E-state index in [9.17, 15) is 4.79 Å². The average Bonchev–Trinajstić information content (AvgIpc) is 2.55. The number of hydrogen-bond donors (Lipinski definition) is 1. The monoisotopic (exact) mass is 299 g/mol. The van der Waals surface area contributed by atoms with E-state index >= 15 is 0 Å². The van der Waals surface area contributed by atoms with Crippen molar-refractivity contribution in [2.45, 2.75) is 20.3 Å². The fourth-order valence-electron chi connectivity index (χ4n) is 2.00. The third kappa shape index (κ3) is 4.81. The van der Waals surface area contributed by atoms with E-state index in [4.69, 9.17) is 9.47 Å². The van der Waals surface area contributed by atoms with Gasteiger partial charge in [-0.1, -0.05) is 19.1 Å². The molecular weight excluding hydrogens is 278 g/mol. The summed E-state index contributed by atoms with van der Waals surface area (Å²) in [5, 5.41) is 2.79. The van der Waals surface area contributed by atoms with Crippen LogP contribution < -0.4 is 14.8 Å². The molecule has 0 aromatic heterocycles. The Kier molecular flexibility index (Phi) is 5.83. The first-order valence-corrected chi connectivity index (χ1v) is 7.45. The molecule has 4 nitrogen and oxygen atoms in total. The van der Waals surface area contributed by atoms with Crippen molar-refractivity contribution in [3.63, 3.8) is 0 Å². The molecule has 0 heterocycles. The van der Waals surface area contributed by atoms with Gasteiger partial charge in [0.05, 0.1) is 6.61 Å². The second-order valence-electron chi connectivity index (χ2n) is 4.80. The SMILES string of the molecule is CCOc1ccc(NC(=O)COc2cccc(CC)c2)cc1. The average molecular weight is 299 g/mol. The molecule has 0 fully saturated rings. The zero-order chi connectivity index (χ0) is 15.8. The molecule has 116 valence electrons. The highest BCUT2D eigenvalue weighted by Crippen LogP contribution is 2.16. The molecule has 0 atom stereocenters. The van der Waals surface area contributed by atoms with E-state index in [1.54, 1.807) is 12.1 Å². The number of carbonyl (C=O) groups excluding carboxylic acids is 1. The van der Waals surface area contributed by atoms with Gasteiger partial charge in [0.2, 0.25) is 0 Å². The van der Waals surface area contributed by atoms with Crippen LogP contribution in [0.1, 0.15) is 19.4 Å². The molecule has 0 bridgehead atoms. The number of carbonyl (C=O) groups is 1. The Labute approximate surface area is 131 Å². The number of ether oxygens (including phenoxy) is 2. The minimum atomic E-state index is -0.189. The van der Waals surface area contributed by atoms with E-state index < -0.39 is 0 Å². The predicted molar refractivity (Wildman–Crippen MR) is 87.6 cm³/mol. The van der Waals surface area contributed by atoms with Crippen molar-refractivity contribution in [1.29, 1.82) is 0 Å². The molecule has 1 amide bonds. The number of benzene rings is 2. The number of hydrogen-bond acceptors (Lipinski definition) is 3. The van der Waals surface area contributed by atoms with Gasteiger partial charge >= 0.3 is 0 Å². The molecule has 0 spiro atoms. The number of aryl methyl sites for hydroxylation is 1. The van der Waals surface area contributed by atoms with Gasteiger partial charge < -0.3 is 14.8 Å². The van der Waals surface area contributed by atoms with Crippen molar-refractivity contribution in [3.8, 4) is 11.5 Å². The molecule has 2 aromatic rings. The van der Waals surface area contributed by atoms with Crippen molar-refractivity contribution in [1.82, 2.24) is 0 Å². The Hall–Kier alpha value is -2.49. The second-order valence-corrected chi connectivity index (χ2v) is 4.80. The van der Waals surface area contributed by atoms with E-state index in [1.165, 1.54) is 5.56 Å². The lowest BCUT2D eigenvalue weighted by Gasteiger charge is -2.09. The Balaban J connectivity index is 1.84. The van der Waals surface area contributed by atoms with Crippen LogP contribution in [0.5, 0.6) is 11.5 Å². The highest BCUT2D eigenvalue weighted by atomic mass is 16.5. The molecule has 0 aliphatic carbocycles. The molecule has 0 radical (unpaired) electrons. The normalized spacial score (nSPS) is 10.1. The molecule has 1 N–H and O–H groups in total. The number of nitrogens with one attached hydrogen (secondary N) is 1. The van der Waals surface area contributed by atoms with Crippen LogP contribution in [0.3, 0.4) is 0 Å². The third-order valence-electron chi connectivity index (χ3n) is 3.13. The maximum atomic E-state index is 11.9. The zero-order valence-electron chi connectivity index (χ0n) is 13.0. The van der Waals surface area contributed by atoms with Crippen LogP contribution in [0, 0.1) is 0 Å². The van der Waals surface area contributed by atoms with E-state index in [0.29, 0.717) is 12.4 Å². The van der Waals surface area contributed by atoms with Crippen LogP contribution in [0.25, 0.3) is 0 Å². The fourth-order valence-corrected chi connectivity index (χ4v) is 2.00. The highest BCUT2D eigenvalue weighted by Gasteiger charge is 2.04. The largest absolute Gasteiger partial charge is 0.494 e. The van der Waals surface area contributed by atoms with Crippen LogP contribution in [0.2, 0.25) is 0 Å².